The Labute approximate surface area is 119 Å². The molecule has 0 bridgehead atoms. The van der Waals surface area contributed by atoms with Crippen molar-refractivity contribution >= 4 is 12.0 Å². The molecule has 0 fully saturated rings. The number of halogens is 1. The monoisotopic (exact) mass is 279 g/mol. The highest BCUT2D eigenvalue weighted by Crippen LogP contribution is 2.25. The summed E-state index contributed by atoms with van der Waals surface area (Å²) in [7, 11) is 0. The summed E-state index contributed by atoms with van der Waals surface area (Å²) in [6.07, 6.45) is 5.00. The van der Waals surface area contributed by atoms with Crippen molar-refractivity contribution in [3.63, 3.8) is 0 Å². The molecule has 0 radical (unpaired) electrons. The van der Waals surface area contributed by atoms with Crippen LogP contribution in [0.2, 0.25) is 0 Å². The third-order valence-electron chi connectivity index (χ3n) is 3.71. The fourth-order valence-corrected chi connectivity index (χ4v) is 2.04. The zero-order valence-corrected chi connectivity index (χ0v) is 12.0. The molecule has 4 heteroatoms. The van der Waals surface area contributed by atoms with Gasteiger partial charge < -0.3 is 10.4 Å². The van der Waals surface area contributed by atoms with Gasteiger partial charge >= 0.3 is 5.97 Å². The van der Waals surface area contributed by atoms with E-state index in [-0.39, 0.29) is 5.82 Å². The van der Waals surface area contributed by atoms with E-state index in [0.717, 1.165) is 5.56 Å². The third-order valence-corrected chi connectivity index (χ3v) is 3.71. The molecule has 110 valence electrons. The smallest absolute Gasteiger partial charge is 0.310 e. The maximum atomic E-state index is 12.7. The number of hydrogen-bond acceptors (Lipinski definition) is 2. The van der Waals surface area contributed by atoms with E-state index in [1.165, 1.54) is 12.1 Å². The van der Waals surface area contributed by atoms with Crippen LogP contribution in [0, 0.1) is 11.2 Å². The van der Waals surface area contributed by atoms with Gasteiger partial charge in [0.25, 0.3) is 0 Å². The standard InChI is InChI=1S/C16H22FNO2/c1-3-16(4-2,15(19)20)12-18-11-5-6-13-7-9-14(17)10-8-13/h5-10,18H,3-4,11-12H2,1-2H3,(H,19,20)/b6-5+. The van der Waals surface area contributed by atoms with Crippen molar-refractivity contribution in [1.82, 2.24) is 5.32 Å². The molecule has 1 aromatic carbocycles. The molecule has 0 saturated carbocycles. The SMILES string of the molecule is CCC(CC)(CNC/C=C/c1ccc(F)cc1)C(=O)O. The van der Waals surface area contributed by atoms with Crippen molar-refractivity contribution < 1.29 is 14.3 Å². The summed E-state index contributed by atoms with van der Waals surface area (Å²) >= 11 is 0. The quantitative estimate of drug-likeness (QED) is 0.718. The highest BCUT2D eigenvalue weighted by molar-refractivity contribution is 5.74. The Balaban J connectivity index is 2.44. The highest BCUT2D eigenvalue weighted by atomic mass is 19.1. The minimum Gasteiger partial charge on any atom is -0.481 e. The molecule has 3 nitrogen and oxygen atoms in total. The maximum absolute atomic E-state index is 12.7. The molecule has 0 saturated heterocycles. The van der Waals surface area contributed by atoms with Crippen molar-refractivity contribution in [3.8, 4) is 0 Å². The molecule has 0 aliphatic rings. The van der Waals surface area contributed by atoms with E-state index in [1.807, 2.05) is 26.0 Å². The number of rotatable bonds is 8. The van der Waals surface area contributed by atoms with Gasteiger partial charge in [-0.1, -0.05) is 38.1 Å². The van der Waals surface area contributed by atoms with Crippen molar-refractivity contribution in [1.29, 1.82) is 0 Å². The van der Waals surface area contributed by atoms with E-state index in [4.69, 9.17) is 0 Å². The lowest BCUT2D eigenvalue weighted by Gasteiger charge is -2.26. The Hall–Kier alpha value is -1.68. The van der Waals surface area contributed by atoms with Gasteiger partial charge in [-0.2, -0.15) is 0 Å². The second-order valence-electron chi connectivity index (χ2n) is 4.88. The van der Waals surface area contributed by atoms with Crippen molar-refractivity contribution in [2.45, 2.75) is 26.7 Å². The molecule has 0 amide bonds. The largest absolute Gasteiger partial charge is 0.481 e. The Bertz CT molecular complexity index is 450. The van der Waals surface area contributed by atoms with Crippen LogP contribution in [0.5, 0.6) is 0 Å². The van der Waals surface area contributed by atoms with Crippen molar-refractivity contribution in [2.75, 3.05) is 13.1 Å². The lowest BCUT2D eigenvalue weighted by molar-refractivity contribution is -0.149. The van der Waals surface area contributed by atoms with Crippen LogP contribution in [0.25, 0.3) is 6.08 Å². The van der Waals surface area contributed by atoms with Crippen molar-refractivity contribution in [2.24, 2.45) is 5.41 Å². The van der Waals surface area contributed by atoms with Gasteiger partial charge in [-0.25, -0.2) is 4.39 Å². The molecule has 20 heavy (non-hydrogen) atoms. The Kier molecular flexibility index (Phi) is 6.39. The summed E-state index contributed by atoms with van der Waals surface area (Å²) in [6.45, 7) is 4.83. The fourth-order valence-electron chi connectivity index (χ4n) is 2.04. The second-order valence-corrected chi connectivity index (χ2v) is 4.88. The molecule has 0 aliphatic heterocycles. The van der Waals surface area contributed by atoms with E-state index < -0.39 is 11.4 Å². The summed E-state index contributed by atoms with van der Waals surface area (Å²) < 4.78 is 12.7. The minimum absolute atomic E-state index is 0.252. The minimum atomic E-state index is -0.752. The molecule has 0 aliphatic carbocycles. The molecule has 2 N–H and O–H groups in total. The predicted octanol–water partition coefficient (Wildman–Crippen LogP) is 3.32. The van der Waals surface area contributed by atoms with E-state index in [9.17, 15) is 14.3 Å². The van der Waals surface area contributed by atoms with Crippen LogP contribution in [0.15, 0.2) is 30.3 Å². The van der Waals surface area contributed by atoms with Crippen molar-refractivity contribution in [3.05, 3.63) is 41.7 Å². The number of carbonyl (C=O) groups is 1. The maximum Gasteiger partial charge on any atom is 0.310 e. The molecule has 0 aromatic heterocycles. The van der Waals surface area contributed by atoms with Crippen LogP contribution in [-0.4, -0.2) is 24.2 Å². The first-order valence-corrected chi connectivity index (χ1v) is 6.90. The summed E-state index contributed by atoms with van der Waals surface area (Å²) in [5.41, 5.74) is 0.229. The normalized spacial score (nSPS) is 11.9. The first-order valence-electron chi connectivity index (χ1n) is 6.90. The first-order chi connectivity index (χ1) is 9.54. The van der Waals surface area contributed by atoms with Crippen LogP contribution in [-0.2, 0) is 4.79 Å². The van der Waals surface area contributed by atoms with E-state index in [1.54, 1.807) is 12.1 Å². The molecule has 1 rings (SSSR count). The van der Waals surface area contributed by atoms with Gasteiger partial charge in [0.1, 0.15) is 5.82 Å². The van der Waals surface area contributed by atoms with Crippen LogP contribution in [0.4, 0.5) is 4.39 Å². The molecule has 0 spiro atoms. The number of carboxylic acid groups (broad SMARTS) is 1. The molecular weight excluding hydrogens is 257 g/mol. The molecule has 0 atom stereocenters. The zero-order chi connectivity index (χ0) is 15.0. The van der Waals surface area contributed by atoms with E-state index >= 15 is 0 Å². The average Bonchev–Trinajstić information content (AvgIpc) is 2.45. The molecule has 1 aromatic rings. The molecule has 0 unspecified atom stereocenters. The Morgan fingerprint density at radius 3 is 2.40 bits per heavy atom. The predicted molar refractivity (Wildman–Crippen MR) is 79.0 cm³/mol. The zero-order valence-electron chi connectivity index (χ0n) is 12.0. The summed E-state index contributed by atoms with van der Waals surface area (Å²) in [5, 5.41) is 12.4. The van der Waals surface area contributed by atoms with E-state index in [2.05, 4.69) is 5.32 Å². The Morgan fingerprint density at radius 1 is 1.30 bits per heavy atom. The number of hydrogen-bond donors (Lipinski definition) is 2. The van der Waals surface area contributed by atoms with Crippen LogP contribution < -0.4 is 5.32 Å². The molecule has 0 heterocycles. The topological polar surface area (TPSA) is 49.3 Å². The molecular formula is C16H22FNO2. The van der Waals surface area contributed by atoms with Crippen LogP contribution >= 0.6 is 0 Å². The fraction of sp³-hybridized carbons (Fsp3) is 0.438. The number of benzene rings is 1. The summed E-state index contributed by atoms with van der Waals surface area (Å²) in [5.74, 6) is -1.00. The number of carboxylic acids is 1. The lowest BCUT2D eigenvalue weighted by Crippen LogP contribution is -2.40. The van der Waals surface area contributed by atoms with Gasteiger partial charge in [-0.05, 0) is 30.5 Å². The van der Waals surface area contributed by atoms with Gasteiger partial charge in [-0.15, -0.1) is 0 Å². The summed E-state index contributed by atoms with van der Waals surface area (Å²) in [6, 6.07) is 6.23. The van der Waals surface area contributed by atoms with Gasteiger partial charge in [0.15, 0.2) is 0 Å². The van der Waals surface area contributed by atoms with Gasteiger partial charge in [0.05, 0.1) is 5.41 Å². The van der Waals surface area contributed by atoms with Gasteiger partial charge in [0, 0.05) is 13.1 Å². The number of aliphatic carboxylic acids is 1. The lowest BCUT2D eigenvalue weighted by atomic mass is 9.82. The second kappa shape index (κ2) is 7.80. The average molecular weight is 279 g/mol. The summed E-state index contributed by atoms with van der Waals surface area (Å²) in [4.78, 5) is 11.3. The van der Waals surface area contributed by atoms with Gasteiger partial charge in [-0.3, -0.25) is 4.79 Å². The number of nitrogens with one attached hydrogen (secondary N) is 1. The Morgan fingerprint density at radius 2 is 1.90 bits per heavy atom. The first kappa shape index (κ1) is 16.4. The third kappa shape index (κ3) is 4.46. The van der Waals surface area contributed by atoms with E-state index in [0.29, 0.717) is 25.9 Å². The van der Waals surface area contributed by atoms with Crippen LogP contribution in [0.1, 0.15) is 32.3 Å². The highest BCUT2D eigenvalue weighted by Gasteiger charge is 2.33. The van der Waals surface area contributed by atoms with Crippen LogP contribution in [0.3, 0.4) is 0 Å². The van der Waals surface area contributed by atoms with Gasteiger partial charge in [0.2, 0.25) is 0 Å².